The highest BCUT2D eigenvalue weighted by Gasteiger charge is 2.14. The number of halogens is 2. The molecule has 0 aromatic heterocycles. The second kappa shape index (κ2) is 7.47. The third-order valence-electron chi connectivity index (χ3n) is 2.83. The van der Waals surface area contributed by atoms with Crippen LogP contribution in [0.4, 0.5) is 10.1 Å². The summed E-state index contributed by atoms with van der Waals surface area (Å²) in [5.74, 6) is -0.418. The van der Waals surface area contributed by atoms with E-state index in [1.807, 2.05) is 6.07 Å². The highest BCUT2D eigenvalue weighted by molar-refractivity contribution is 6.32. The zero-order chi connectivity index (χ0) is 16.8. The molecule has 0 spiro atoms. The van der Waals surface area contributed by atoms with Crippen LogP contribution in [0.2, 0.25) is 5.02 Å². The third kappa shape index (κ3) is 4.34. The number of hydrogen-bond acceptors (Lipinski definition) is 4. The monoisotopic (exact) mass is 334 g/mol. The summed E-state index contributed by atoms with van der Waals surface area (Å²) in [5, 5.41) is 11.6. The smallest absolute Gasteiger partial charge is 0.262 e. The Balaban J connectivity index is 2.04. The van der Waals surface area contributed by atoms with Crippen LogP contribution in [0.3, 0.4) is 0 Å². The first-order valence-electron chi connectivity index (χ1n) is 6.49. The summed E-state index contributed by atoms with van der Waals surface area (Å²) in [4.78, 5) is 11.8. The van der Waals surface area contributed by atoms with Crippen LogP contribution < -0.4 is 14.8 Å². The van der Waals surface area contributed by atoms with Crippen LogP contribution in [0.1, 0.15) is 5.56 Å². The second-order valence-corrected chi connectivity index (χ2v) is 4.85. The van der Waals surface area contributed by atoms with Crippen molar-refractivity contribution in [2.24, 2.45) is 0 Å². The maximum atomic E-state index is 12.8. The number of ether oxygens (including phenoxy) is 2. The van der Waals surface area contributed by atoms with E-state index < -0.39 is 11.7 Å². The highest BCUT2D eigenvalue weighted by atomic mass is 35.5. The topological polar surface area (TPSA) is 71.3 Å². The van der Waals surface area contributed by atoms with Crippen molar-refractivity contribution in [2.45, 2.75) is 0 Å². The van der Waals surface area contributed by atoms with E-state index in [0.29, 0.717) is 11.3 Å². The molecule has 118 valence electrons. The largest absolute Gasteiger partial charge is 0.493 e. The average molecular weight is 335 g/mol. The first-order valence-corrected chi connectivity index (χ1v) is 6.87. The highest BCUT2D eigenvalue weighted by Crippen LogP contribution is 2.36. The van der Waals surface area contributed by atoms with Gasteiger partial charge >= 0.3 is 0 Å². The summed E-state index contributed by atoms with van der Waals surface area (Å²) < 4.78 is 23.3. The van der Waals surface area contributed by atoms with Crippen molar-refractivity contribution in [3.05, 3.63) is 52.8 Å². The van der Waals surface area contributed by atoms with Gasteiger partial charge in [0, 0.05) is 11.8 Å². The van der Waals surface area contributed by atoms with Gasteiger partial charge in [0.05, 0.1) is 23.8 Å². The predicted octanol–water partition coefficient (Wildman–Crippen LogP) is 3.38. The number of amides is 1. The summed E-state index contributed by atoms with van der Waals surface area (Å²) in [6, 6.07) is 10.1. The minimum atomic E-state index is -0.445. The average Bonchev–Trinajstić information content (AvgIpc) is 2.55. The SMILES string of the molecule is COc1cc(C#N)cc(Cl)c1OCC(=O)Nc1ccc(F)cc1. The molecular weight excluding hydrogens is 323 g/mol. The zero-order valence-corrected chi connectivity index (χ0v) is 12.9. The van der Waals surface area contributed by atoms with Crippen LogP contribution in [0.25, 0.3) is 0 Å². The van der Waals surface area contributed by atoms with Crippen molar-refractivity contribution in [1.29, 1.82) is 5.26 Å². The Labute approximate surface area is 137 Å². The number of nitrogens with zero attached hydrogens (tertiary/aromatic N) is 1. The standard InChI is InChI=1S/C16H12ClFN2O3/c1-22-14-7-10(8-19)6-13(17)16(14)23-9-15(21)20-12-4-2-11(18)3-5-12/h2-7H,9H2,1H3,(H,20,21). The van der Waals surface area contributed by atoms with Gasteiger partial charge in [0.2, 0.25) is 0 Å². The predicted molar refractivity (Wildman–Crippen MR) is 83.2 cm³/mol. The van der Waals surface area contributed by atoms with Crippen LogP contribution in [0.15, 0.2) is 36.4 Å². The minimum Gasteiger partial charge on any atom is -0.493 e. The van der Waals surface area contributed by atoms with E-state index in [0.717, 1.165) is 0 Å². The molecule has 0 atom stereocenters. The van der Waals surface area contributed by atoms with Crippen molar-refractivity contribution in [3.8, 4) is 17.6 Å². The number of anilines is 1. The van der Waals surface area contributed by atoms with E-state index in [-0.39, 0.29) is 23.1 Å². The lowest BCUT2D eigenvalue weighted by atomic mass is 10.2. The molecule has 2 rings (SSSR count). The number of benzene rings is 2. The van der Waals surface area contributed by atoms with Crippen LogP contribution in [-0.4, -0.2) is 19.6 Å². The lowest BCUT2D eigenvalue weighted by molar-refractivity contribution is -0.118. The van der Waals surface area contributed by atoms with Crippen LogP contribution >= 0.6 is 11.6 Å². The molecule has 2 aromatic carbocycles. The summed E-state index contributed by atoms with van der Waals surface area (Å²) >= 11 is 6.02. The number of nitrogens with one attached hydrogen (secondary N) is 1. The number of rotatable bonds is 5. The number of nitriles is 1. The van der Waals surface area contributed by atoms with Gasteiger partial charge in [0.1, 0.15) is 5.82 Å². The summed E-state index contributed by atoms with van der Waals surface area (Å²) in [7, 11) is 1.40. The van der Waals surface area contributed by atoms with Gasteiger partial charge < -0.3 is 14.8 Å². The van der Waals surface area contributed by atoms with E-state index in [4.69, 9.17) is 26.3 Å². The summed E-state index contributed by atoms with van der Waals surface area (Å²) in [6.45, 7) is -0.320. The van der Waals surface area contributed by atoms with E-state index in [2.05, 4.69) is 5.32 Å². The lowest BCUT2D eigenvalue weighted by Crippen LogP contribution is -2.20. The molecule has 0 fully saturated rings. The second-order valence-electron chi connectivity index (χ2n) is 4.45. The molecule has 5 nitrogen and oxygen atoms in total. The quantitative estimate of drug-likeness (QED) is 0.910. The first kappa shape index (κ1) is 16.6. The lowest BCUT2D eigenvalue weighted by Gasteiger charge is -2.12. The van der Waals surface area contributed by atoms with Crippen LogP contribution in [0, 0.1) is 17.1 Å². The Morgan fingerprint density at radius 1 is 1.35 bits per heavy atom. The van der Waals surface area contributed by atoms with Gasteiger partial charge in [-0.05, 0) is 30.3 Å². The van der Waals surface area contributed by atoms with Gasteiger partial charge in [0.15, 0.2) is 18.1 Å². The fourth-order valence-corrected chi connectivity index (χ4v) is 2.06. The fourth-order valence-electron chi connectivity index (χ4n) is 1.79. The minimum absolute atomic E-state index is 0.162. The van der Waals surface area contributed by atoms with E-state index >= 15 is 0 Å². The molecule has 0 saturated heterocycles. The van der Waals surface area contributed by atoms with Crippen molar-refractivity contribution in [2.75, 3.05) is 19.0 Å². The van der Waals surface area contributed by atoms with Crippen LogP contribution in [-0.2, 0) is 4.79 Å². The first-order chi connectivity index (χ1) is 11.0. The molecule has 0 saturated carbocycles. The Morgan fingerprint density at radius 2 is 2.04 bits per heavy atom. The molecule has 0 aliphatic rings. The third-order valence-corrected chi connectivity index (χ3v) is 3.11. The number of methoxy groups -OCH3 is 1. The molecule has 7 heteroatoms. The maximum absolute atomic E-state index is 12.8. The van der Waals surface area contributed by atoms with Gasteiger partial charge in [-0.25, -0.2) is 4.39 Å². The molecule has 0 aliphatic heterocycles. The van der Waals surface area contributed by atoms with Gasteiger partial charge in [-0.1, -0.05) is 11.6 Å². The van der Waals surface area contributed by atoms with Crippen molar-refractivity contribution in [3.63, 3.8) is 0 Å². The molecule has 23 heavy (non-hydrogen) atoms. The Hall–Kier alpha value is -2.78. The van der Waals surface area contributed by atoms with Gasteiger partial charge in [-0.15, -0.1) is 0 Å². The molecule has 2 aromatic rings. The van der Waals surface area contributed by atoms with Crippen molar-refractivity contribution in [1.82, 2.24) is 0 Å². The summed E-state index contributed by atoms with van der Waals surface area (Å²) in [5.41, 5.74) is 0.757. The van der Waals surface area contributed by atoms with Crippen molar-refractivity contribution >= 4 is 23.2 Å². The molecule has 0 bridgehead atoms. The normalized spacial score (nSPS) is 9.83. The Kier molecular flexibility index (Phi) is 5.39. The van der Waals surface area contributed by atoms with E-state index in [1.165, 1.54) is 43.5 Å². The van der Waals surface area contributed by atoms with E-state index in [9.17, 15) is 9.18 Å². The van der Waals surface area contributed by atoms with Crippen molar-refractivity contribution < 1.29 is 18.7 Å². The maximum Gasteiger partial charge on any atom is 0.262 e. The number of carbonyl (C=O) groups is 1. The molecule has 1 amide bonds. The molecule has 1 N–H and O–H groups in total. The molecule has 0 unspecified atom stereocenters. The zero-order valence-electron chi connectivity index (χ0n) is 12.1. The Bertz CT molecular complexity index is 757. The molecular formula is C16H12ClFN2O3. The van der Waals surface area contributed by atoms with Gasteiger partial charge in [0.25, 0.3) is 5.91 Å². The van der Waals surface area contributed by atoms with Gasteiger partial charge in [-0.3, -0.25) is 4.79 Å². The fraction of sp³-hybridized carbons (Fsp3) is 0.125. The van der Waals surface area contributed by atoms with Gasteiger partial charge in [-0.2, -0.15) is 5.26 Å². The summed E-state index contributed by atoms with van der Waals surface area (Å²) in [6.07, 6.45) is 0. The van der Waals surface area contributed by atoms with E-state index in [1.54, 1.807) is 0 Å². The molecule has 0 radical (unpaired) electrons. The molecule has 0 heterocycles. The number of carbonyl (C=O) groups excluding carboxylic acids is 1. The van der Waals surface area contributed by atoms with Crippen LogP contribution in [0.5, 0.6) is 11.5 Å². The Morgan fingerprint density at radius 3 is 2.65 bits per heavy atom. The molecule has 0 aliphatic carbocycles. The number of hydrogen-bond donors (Lipinski definition) is 1.